The minimum Gasteiger partial charge on any atom is -0.423 e. The molecule has 2 aromatic carbocycles. The molecule has 0 bridgehead atoms. The first kappa shape index (κ1) is 17.1. The monoisotopic (exact) mass is 377 g/mol. The number of hydrogen-bond donors (Lipinski definition) is 0. The lowest BCUT2D eigenvalue weighted by Crippen LogP contribution is -2.16. The summed E-state index contributed by atoms with van der Waals surface area (Å²) in [6.45, 7) is 6.04. The number of nitro benzene ring substituents is 1. The van der Waals surface area contributed by atoms with Crippen molar-refractivity contribution in [3.8, 4) is 5.75 Å². The molecule has 120 valence electrons. The second-order valence-electron chi connectivity index (χ2n) is 6.09. The molecule has 0 aliphatic carbocycles. The second-order valence-corrected chi connectivity index (χ2v) is 7.00. The second kappa shape index (κ2) is 6.50. The highest BCUT2D eigenvalue weighted by Gasteiger charge is 2.22. The number of rotatable bonds is 3. The van der Waals surface area contributed by atoms with Crippen molar-refractivity contribution < 1.29 is 14.5 Å². The molecule has 0 amide bonds. The smallest absolute Gasteiger partial charge is 0.343 e. The largest absolute Gasteiger partial charge is 0.423 e. The number of halogens is 1. The third-order valence-electron chi connectivity index (χ3n) is 3.24. The summed E-state index contributed by atoms with van der Waals surface area (Å²) in [6, 6.07) is 10.9. The Morgan fingerprint density at radius 1 is 1.17 bits per heavy atom. The van der Waals surface area contributed by atoms with Crippen molar-refractivity contribution in [2.45, 2.75) is 26.2 Å². The first-order valence-electron chi connectivity index (χ1n) is 6.95. The fourth-order valence-corrected chi connectivity index (χ4v) is 2.44. The average Bonchev–Trinajstić information content (AvgIpc) is 2.48. The molecule has 6 heteroatoms. The van der Waals surface area contributed by atoms with Crippen molar-refractivity contribution in [3.05, 3.63) is 68.2 Å². The zero-order valence-electron chi connectivity index (χ0n) is 13.0. The van der Waals surface area contributed by atoms with Gasteiger partial charge in [0.15, 0.2) is 0 Å². The zero-order valence-corrected chi connectivity index (χ0v) is 14.6. The van der Waals surface area contributed by atoms with Crippen LogP contribution in [0.4, 0.5) is 5.69 Å². The third kappa shape index (κ3) is 4.16. The Bertz CT molecular complexity index is 765. The molecule has 0 aromatic heterocycles. The lowest BCUT2D eigenvalue weighted by atomic mass is 9.86. The van der Waals surface area contributed by atoms with Crippen molar-refractivity contribution >= 4 is 27.6 Å². The Hall–Kier alpha value is -2.21. The number of carbonyl (C=O) groups is 1. The molecular formula is C17H16BrNO4. The molecule has 0 aliphatic rings. The Labute approximate surface area is 142 Å². The normalized spacial score (nSPS) is 11.1. The predicted octanol–water partition coefficient (Wildman–Crippen LogP) is 4.87. The van der Waals surface area contributed by atoms with E-state index in [-0.39, 0.29) is 16.7 Å². The van der Waals surface area contributed by atoms with Crippen molar-refractivity contribution in [3.63, 3.8) is 0 Å². The highest BCUT2D eigenvalue weighted by Crippen LogP contribution is 2.34. The SMILES string of the molecule is CC(C)(C)c1cc(Br)ccc1OC(=O)c1cccc([N+](=O)[O-])c1. The third-order valence-corrected chi connectivity index (χ3v) is 3.74. The number of ether oxygens (including phenoxy) is 1. The highest BCUT2D eigenvalue weighted by molar-refractivity contribution is 9.10. The van der Waals surface area contributed by atoms with E-state index in [2.05, 4.69) is 15.9 Å². The lowest BCUT2D eigenvalue weighted by molar-refractivity contribution is -0.384. The van der Waals surface area contributed by atoms with Gasteiger partial charge < -0.3 is 4.74 Å². The van der Waals surface area contributed by atoms with Gasteiger partial charge in [0.25, 0.3) is 5.69 Å². The van der Waals surface area contributed by atoms with Crippen LogP contribution in [0.2, 0.25) is 0 Å². The average molecular weight is 378 g/mol. The van der Waals surface area contributed by atoms with E-state index in [0.717, 1.165) is 10.0 Å². The quantitative estimate of drug-likeness (QED) is 0.331. The Morgan fingerprint density at radius 2 is 1.87 bits per heavy atom. The summed E-state index contributed by atoms with van der Waals surface area (Å²) in [7, 11) is 0. The minimum atomic E-state index is -0.624. The number of hydrogen-bond acceptors (Lipinski definition) is 4. The summed E-state index contributed by atoms with van der Waals surface area (Å²) in [6.07, 6.45) is 0. The van der Waals surface area contributed by atoms with E-state index in [1.807, 2.05) is 26.8 Å². The molecular weight excluding hydrogens is 362 g/mol. The predicted molar refractivity (Wildman–Crippen MR) is 90.9 cm³/mol. The van der Waals surface area contributed by atoms with Crippen LogP contribution in [0.15, 0.2) is 46.9 Å². The lowest BCUT2D eigenvalue weighted by Gasteiger charge is -2.22. The van der Waals surface area contributed by atoms with Crippen LogP contribution < -0.4 is 4.74 Å². The fraction of sp³-hybridized carbons (Fsp3) is 0.235. The molecule has 23 heavy (non-hydrogen) atoms. The molecule has 0 spiro atoms. The molecule has 0 N–H and O–H groups in total. The van der Waals surface area contributed by atoms with E-state index in [9.17, 15) is 14.9 Å². The van der Waals surface area contributed by atoms with Crippen molar-refractivity contribution in [1.82, 2.24) is 0 Å². The summed E-state index contributed by atoms with van der Waals surface area (Å²) in [5, 5.41) is 10.8. The molecule has 0 saturated heterocycles. The zero-order chi connectivity index (χ0) is 17.2. The van der Waals surface area contributed by atoms with Gasteiger partial charge in [0.2, 0.25) is 0 Å². The summed E-state index contributed by atoms with van der Waals surface area (Å²) >= 11 is 3.41. The van der Waals surface area contributed by atoms with Crippen LogP contribution in [0.1, 0.15) is 36.7 Å². The van der Waals surface area contributed by atoms with Gasteiger partial charge in [-0.1, -0.05) is 42.8 Å². The van der Waals surface area contributed by atoms with Crippen LogP contribution in [-0.2, 0) is 5.41 Å². The molecule has 2 aromatic rings. The fourth-order valence-electron chi connectivity index (χ4n) is 2.08. The van der Waals surface area contributed by atoms with Gasteiger partial charge in [0, 0.05) is 22.2 Å². The molecule has 0 heterocycles. The van der Waals surface area contributed by atoms with E-state index in [1.165, 1.54) is 24.3 Å². The van der Waals surface area contributed by atoms with E-state index >= 15 is 0 Å². The van der Waals surface area contributed by atoms with Gasteiger partial charge >= 0.3 is 5.97 Å². The highest BCUT2D eigenvalue weighted by atomic mass is 79.9. The molecule has 0 saturated carbocycles. The first-order chi connectivity index (χ1) is 10.7. The standard InChI is InChI=1S/C17H16BrNO4/c1-17(2,3)14-10-12(18)7-8-15(14)23-16(20)11-5-4-6-13(9-11)19(21)22/h4-10H,1-3H3. The molecule has 5 nitrogen and oxygen atoms in total. The number of nitro groups is 1. The van der Waals surface area contributed by atoms with Gasteiger partial charge in [0.1, 0.15) is 5.75 Å². The van der Waals surface area contributed by atoms with Crippen LogP contribution in [0.3, 0.4) is 0 Å². The van der Waals surface area contributed by atoms with Gasteiger partial charge in [-0.05, 0) is 29.7 Å². The van der Waals surface area contributed by atoms with E-state index in [4.69, 9.17) is 4.74 Å². The van der Waals surface area contributed by atoms with Crippen molar-refractivity contribution in [1.29, 1.82) is 0 Å². The van der Waals surface area contributed by atoms with Gasteiger partial charge in [-0.2, -0.15) is 0 Å². The molecule has 0 aliphatic heterocycles. The summed E-state index contributed by atoms with van der Waals surface area (Å²) in [5.74, 6) is -0.182. The van der Waals surface area contributed by atoms with E-state index in [0.29, 0.717) is 5.75 Å². The van der Waals surface area contributed by atoms with Crippen LogP contribution >= 0.6 is 15.9 Å². The van der Waals surface area contributed by atoms with E-state index < -0.39 is 10.9 Å². The molecule has 0 atom stereocenters. The number of nitrogens with zero attached hydrogens (tertiary/aromatic N) is 1. The van der Waals surface area contributed by atoms with Crippen LogP contribution in [0, 0.1) is 10.1 Å². The van der Waals surface area contributed by atoms with Gasteiger partial charge in [0.05, 0.1) is 10.5 Å². The number of benzene rings is 2. The van der Waals surface area contributed by atoms with Gasteiger partial charge in [-0.15, -0.1) is 0 Å². The number of non-ortho nitro benzene ring substituents is 1. The Balaban J connectivity index is 2.34. The van der Waals surface area contributed by atoms with Crippen LogP contribution in [0.5, 0.6) is 5.75 Å². The van der Waals surface area contributed by atoms with Gasteiger partial charge in [-0.3, -0.25) is 10.1 Å². The summed E-state index contributed by atoms with van der Waals surface area (Å²) < 4.78 is 6.35. The van der Waals surface area contributed by atoms with Crippen molar-refractivity contribution in [2.75, 3.05) is 0 Å². The first-order valence-corrected chi connectivity index (χ1v) is 7.74. The van der Waals surface area contributed by atoms with Crippen LogP contribution in [-0.4, -0.2) is 10.9 Å². The minimum absolute atomic E-state index is 0.141. The van der Waals surface area contributed by atoms with Crippen molar-refractivity contribution in [2.24, 2.45) is 0 Å². The topological polar surface area (TPSA) is 69.4 Å². The summed E-state index contributed by atoms with van der Waals surface area (Å²) in [4.78, 5) is 22.6. The molecule has 0 radical (unpaired) electrons. The maximum atomic E-state index is 12.3. The molecule has 2 rings (SSSR count). The molecule has 0 fully saturated rings. The number of carbonyl (C=O) groups excluding carboxylic acids is 1. The summed E-state index contributed by atoms with van der Waals surface area (Å²) in [5.41, 5.74) is 0.640. The Kier molecular flexibility index (Phi) is 4.85. The Morgan fingerprint density at radius 3 is 2.48 bits per heavy atom. The number of esters is 1. The molecule has 0 unspecified atom stereocenters. The van der Waals surface area contributed by atoms with Gasteiger partial charge in [-0.25, -0.2) is 4.79 Å². The van der Waals surface area contributed by atoms with Crippen LogP contribution in [0.25, 0.3) is 0 Å². The maximum absolute atomic E-state index is 12.3. The maximum Gasteiger partial charge on any atom is 0.343 e. The van der Waals surface area contributed by atoms with E-state index in [1.54, 1.807) is 12.1 Å².